The van der Waals surface area contributed by atoms with Crippen LogP contribution in [0.3, 0.4) is 0 Å². The van der Waals surface area contributed by atoms with Gasteiger partial charge < -0.3 is 10.1 Å². The van der Waals surface area contributed by atoms with Crippen LogP contribution in [0.5, 0.6) is 0 Å². The van der Waals surface area contributed by atoms with Gasteiger partial charge in [-0.05, 0) is 25.5 Å². The average Bonchev–Trinajstić information content (AvgIpc) is 2.29. The first-order valence-electron chi connectivity index (χ1n) is 5.60. The molecule has 0 unspecified atom stereocenters. The Balaban J connectivity index is 2.89. The summed E-state index contributed by atoms with van der Waals surface area (Å²) in [4.78, 5) is 11.9. The highest BCUT2D eigenvalue weighted by molar-refractivity contribution is 5.99. The molecular formula is C14H19NO2. The van der Waals surface area contributed by atoms with E-state index in [9.17, 15) is 4.79 Å². The smallest absolute Gasteiger partial charge is 0.251 e. The van der Waals surface area contributed by atoms with Crippen molar-refractivity contribution >= 4 is 11.5 Å². The maximum atomic E-state index is 11.9. The van der Waals surface area contributed by atoms with E-state index < -0.39 is 0 Å². The van der Waals surface area contributed by atoms with Crippen molar-refractivity contribution in [2.24, 2.45) is 0 Å². The largest absolute Gasteiger partial charge is 0.383 e. The molecule has 0 saturated carbocycles. The summed E-state index contributed by atoms with van der Waals surface area (Å²) in [6.07, 6.45) is 0. The van der Waals surface area contributed by atoms with E-state index in [-0.39, 0.29) is 5.91 Å². The number of carbonyl (C=O) groups excluding carboxylic acids is 1. The van der Waals surface area contributed by atoms with Gasteiger partial charge in [-0.2, -0.15) is 0 Å². The monoisotopic (exact) mass is 233 g/mol. The van der Waals surface area contributed by atoms with Crippen LogP contribution in [0.4, 0.5) is 0 Å². The van der Waals surface area contributed by atoms with Crippen LogP contribution < -0.4 is 5.32 Å². The normalized spacial score (nSPS) is 10.1. The Morgan fingerprint density at radius 3 is 2.71 bits per heavy atom. The van der Waals surface area contributed by atoms with Gasteiger partial charge in [0.15, 0.2) is 0 Å². The molecule has 0 aliphatic carbocycles. The number of amides is 1. The number of aryl methyl sites for hydroxylation is 1. The molecule has 0 bridgehead atoms. The Morgan fingerprint density at radius 2 is 2.12 bits per heavy atom. The maximum absolute atomic E-state index is 11.9. The zero-order valence-electron chi connectivity index (χ0n) is 10.7. The lowest BCUT2D eigenvalue weighted by atomic mass is 9.99. The van der Waals surface area contributed by atoms with Gasteiger partial charge in [-0.1, -0.05) is 29.8 Å². The SMILES string of the molecule is C=C(C)c1cc(C)ccc1C(=O)NCCOC. The fraction of sp³-hybridized carbons (Fsp3) is 0.357. The molecule has 0 radical (unpaired) electrons. The molecule has 3 nitrogen and oxygen atoms in total. The highest BCUT2D eigenvalue weighted by Gasteiger charge is 2.11. The van der Waals surface area contributed by atoms with Gasteiger partial charge in [0.25, 0.3) is 5.91 Å². The van der Waals surface area contributed by atoms with Gasteiger partial charge >= 0.3 is 0 Å². The van der Waals surface area contributed by atoms with Crippen molar-refractivity contribution in [3.63, 3.8) is 0 Å². The molecule has 0 saturated heterocycles. The summed E-state index contributed by atoms with van der Waals surface area (Å²) in [5, 5.41) is 2.81. The highest BCUT2D eigenvalue weighted by atomic mass is 16.5. The number of rotatable bonds is 5. The third-order valence-corrected chi connectivity index (χ3v) is 2.47. The van der Waals surface area contributed by atoms with Gasteiger partial charge in [0.1, 0.15) is 0 Å². The Labute approximate surface area is 102 Å². The van der Waals surface area contributed by atoms with E-state index >= 15 is 0 Å². The van der Waals surface area contributed by atoms with E-state index in [2.05, 4.69) is 11.9 Å². The third kappa shape index (κ3) is 3.71. The van der Waals surface area contributed by atoms with Crippen molar-refractivity contribution in [1.29, 1.82) is 0 Å². The molecule has 0 heterocycles. The van der Waals surface area contributed by atoms with Crippen molar-refractivity contribution < 1.29 is 9.53 Å². The van der Waals surface area contributed by atoms with Crippen molar-refractivity contribution in [2.45, 2.75) is 13.8 Å². The number of allylic oxidation sites excluding steroid dienone is 1. The van der Waals surface area contributed by atoms with Crippen molar-refractivity contribution in [1.82, 2.24) is 5.32 Å². The number of methoxy groups -OCH3 is 1. The summed E-state index contributed by atoms with van der Waals surface area (Å²) in [5.74, 6) is -0.0833. The number of benzene rings is 1. The zero-order valence-corrected chi connectivity index (χ0v) is 10.7. The minimum atomic E-state index is -0.0833. The van der Waals surface area contributed by atoms with Gasteiger partial charge in [0.05, 0.1) is 6.61 Å². The second-order valence-corrected chi connectivity index (χ2v) is 4.08. The molecular weight excluding hydrogens is 214 g/mol. The lowest BCUT2D eigenvalue weighted by Crippen LogP contribution is -2.27. The molecule has 0 spiro atoms. The molecule has 3 heteroatoms. The molecule has 1 aromatic carbocycles. The summed E-state index contributed by atoms with van der Waals surface area (Å²) < 4.78 is 4.89. The van der Waals surface area contributed by atoms with Crippen LogP contribution in [0.25, 0.3) is 5.57 Å². The molecule has 1 amide bonds. The molecule has 0 fully saturated rings. The summed E-state index contributed by atoms with van der Waals surface area (Å²) in [6.45, 7) is 8.83. The maximum Gasteiger partial charge on any atom is 0.251 e. The van der Waals surface area contributed by atoms with E-state index in [1.54, 1.807) is 7.11 Å². The lowest BCUT2D eigenvalue weighted by Gasteiger charge is -2.10. The molecule has 0 aliphatic rings. The predicted molar refractivity (Wildman–Crippen MR) is 70.1 cm³/mol. The Bertz CT molecular complexity index is 424. The zero-order chi connectivity index (χ0) is 12.8. The van der Waals surface area contributed by atoms with Gasteiger partial charge in [0, 0.05) is 19.2 Å². The van der Waals surface area contributed by atoms with Gasteiger partial charge in [-0.15, -0.1) is 0 Å². The number of ether oxygens (including phenoxy) is 1. The number of hydrogen-bond acceptors (Lipinski definition) is 2. The second kappa shape index (κ2) is 6.21. The van der Waals surface area contributed by atoms with E-state index in [1.165, 1.54) is 0 Å². The fourth-order valence-corrected chi connectivity index (χ4v) is 1.57. The summed E-state index contributed by atoms with van der Waals surface area (Å²) in [7, 11) is 1.61. The fourth-order valence-electron chi connectivity index (χ4n) is 1.57. The average molecular weight is 233 g/mol. The minimum absolute atomic E-state index is 0.0833. The van der Waals surface area contributed by atoms with Crippen LogP contribution in [-0.2, 0) is 4.74 Å². The van der Waals surface area contributed by atoms with Gasteiger partial charge in [-0.3, -0.25) is 4.79 Å². The van der Waals surface area contributed by atoms with Crippen LogP contribution >= 0.6 is 0 Å². The molecule has 0 aliphatic heterocycles. The lowest BCUT2D eigenvalue weighted by molar-refractivity contribution is 0.0937. The first kappa shape index (κ1) is 13.5. The first-order chi connectivity index (χ1) is 8.06. The Kier molecular flexibility index (Phi) is 4.91. The molecule has 1 rings (SSSR count). The number of carbonyl (C=O) groups is 1. The number of nitrogens with one attached hydrogen (secondary N) is 1. The molecule has 92 valence electrons. The summed E-state index contributed by atoms with van der Waals surface area (Å²) >= 11 is 0. The Hall–Kier alpha value is -1.61. The van der Waals surface area contributed by atoms with Crippen molar-refractivity contribution in [3.8, 4) is 0 Å². The minimum Gasteiger partial charge on any atom is -0.383 e. The van der Waals surface area contributed by atoms with E-state index in [0.717, 1.165) is 16.7 Å². The van der Waals surface area contributed by atoms with Crippen LogP contribution in [0.15, 0.2) is 24.8 Å². The quantitative estimate of drug-likeness (QED) is 0.793. The summed E-state index contributed by atoms with van der Waals surface area (Å²) in [6, 6.07) is 5.74. The molecule has 1 aromatic rings. The molecule has 1 N–H and O–H groups in total. The summed E-state index contributed by atoms with van der Waals surface area (Å²) in [5.41, 5.74) is 3.58. The third-order valence-electron chi connectivity index (χ3n) is 2.47. The van der Waals surface area contributed by atoms with Gasteiger partial charge in [-0.25, -0.2) is 0 Å². The van der Waals surface area contributed by atoms with E-state index in [1.807, 2.05) is 32.0 Å². The second-order valence-electron chi connectivity index (χ2n) is 4.08. The van der Waals surface area contributed by atoms with Crippen LogP contribution in [0.1, 0.15) is 28.4 Å². The van der Waals surface area contributed by atoms with Crippen molar-refractivity contribution in [2.75, 3.05) is 20.3 Å². The molecule has 0 aromatic heterocycles. The standard InChI is InChI=1S/C14H19NO2/c1-10(2)13-9-11(3)5-6-12(13)14(16)15-7-8-17-4/h5-6,9H,1,7-8H2,2-4H3,(H,15,16). The van der Waals surface area contributed by atoms with Crippen LogP contribution in [-0.4, -0.2) is 26.2 Å². The van der Waals surface area contributed by atoms with E-state index in [0.29, 0.717) is 18.7 Å². The number of hydrogen-bond donors (Lipinski definition) is 1. The predicted octanol–water partition coefficient (Wildman–Crippen LogP) is 2.40. The van der Waals surface area contributed by atoms with Gasteiger partial charge in [0.2, 0.25) is 0 Å². The molecule has 17 heavy (non-hydrogen) atoms. The Morgan fingerprint density at radius 1 is 1.41 bits per heavy atom. The van der Waals surface area contributed by atoms with Crippen molar-refractivity contribution in [3.05, 3.63) is 41.5 Å². The van der Waals surface area contributed by atoms with Crippen LogP contribution in [0, 0.1) is 6.92 Å². The van der Waals surface area contributed by atoms with Crippen LogP contribution in [0.2, 0.25) is 0 Å². The van der Waals surface area contributed by atoms with E-state index in [4.69, 9.17) is 4.74 Å². The topological polar surface area (TPSA) is 38.3 Å². The highest BCUT2D eigenvalue weighted by Crippen LogP contribution is 2.19. The molecule has 0 atom stereocenters. The first-order valence-corrected chi connectivity index (χ1v) is 5.60.